The molecule has 4 bridgehead atoms. The predicted octanol–water partition coefficient (Wildman–Crippen LogP) is 2.73. The Balaban J connectivity index is 1.43. The molecule has 0 spiro atoms. The molecule has 1 amide bonds. The summed E-state index contributed by atoms with van der Waals surface area (Å²) < 4.78 is 0. The molecular formula is C19H24N4O3S. The van der Waals surface area contributed by atoms with Gasteiger partial charge in [0.2, 0.25) is 0 Å². The summed E-state index contributed by atoms with van der Waals surface area (Å²) in [7, 11) is 0. The third kappa shape index (κ3) is 2.79. The van der Waals surface area contributed by atoms with E-state index >= 15 is 0 Å². The van der Waals surface area contributed by atoms with Gasteiger partial charge in [0.05, 0.1) is 23.9 Å². The van der Waals surface area contributed by atoms with Crippen LogP contribution in [0, 0.1) is 35.0 Å². The monoisotopic (exact) mass is 388 g/mol. The Kier molecular flexibility index (Phi) is 3.89. The van der Waals surface area contributed by atoms with Gasteiger partial charge in [0.1, 0.15) is 10.9 Å². The standard InChI is InChI=1S/C19H24N4O3S/c20-8-13-9-21-17(27-13)22-14-1-2-23(18(24)25)16(14)15-11-3-10-4-12(15)7-19(26,5-10)6-11/h9-12,14-16,26H,1-7H2,(H,21,22)(H,24,25)/t10?,11-,12?,14?,15?,16-,19-/m0/s1. The number of anilines is 1. The van der Waals surface area contributed by atoms with Crippen molar-refractivity contribution in [3.05, 3.63) is 11.1 Å². The van der Waals surface area contributed by atoms with E-state index in [4.69, 9.17) is 5.26 Å². The number of thiazole rings is 1. The van der Waals surface area contributed by atoms with Gasteiger partial charge in [0, 0.05) is 6.54 Å². The lowest BCUT2D eigenvalue weighted by Gasteiger charge is -2.60. The molecule has 5 fully saturated rings. The van der Waals surface area contributed by atoms with Crippen LogP contribution in [-0.4, -0.2) is 50.4 Å². The van der Waals surface area contributed by atoms with Crippen molar-refractivity contribution in [3.63, 3.8) is 0 Å². The van der Waals surface area contributed by atoms with Crippen molar-refractivity contribution in [2.24, 2.45) is 23.7 Å². The average molecular weight is 388 g/mol. The largest absolute Gasteiger partial charge is 0.465 e. The maximum atomic E-state index is 12.0. The van der Waals surface area contributed by atoms with E-state index in [1.807, 2.05) is 0 Å². The maximum absolute atomic E-state index is 12.0. The molecule has 5 aliphatic rings. The quantitative estimate of drug-likeness (QED) is 0.734. The van der Waals surface area contributed by atoms with Crippen molar-refractivity contribution in [3.8, 4) is 6.07 Å². The number of nitrogens with one attached hydrogen (secondary N) is 1. The Morgan fingerprint density at radius 2 is 2.11 bits per heavy atom. The molecule has 3 N–H and O–H groups in total. The third-order valence-electron chi connectivity index (χ3n) is 7.33. The number of nitrogens with zero attached hydrogens (tertiary/aromatic N) is 3. The number of carboxylic acid groups (broad SMARTS) is 1. The van der Waals surface area contributed by atoms with Gasteiger partial charge < -0.3 is 20.4 Å². The molecule has 2 heterocycles. The van der Waals surface area contributed by atoms with E-state index in [1.165, 1.54) is 11.3 Å². The fraction of sp³-hybridized carbons (Fsp3) is 0.737. The number of aliphatic hydroxyl groups is 1. The summed E-state index contributed by atoms with van der Waals surface area (Å²) >= 11 is 1.32. The fourth-order valence-corrected chi connectivity index (χ4v) is 7.48. The van der Waals surface area contributed by atoms with Crippen LogP contribution >= 0.6 is 11.3 Å². The minimum atomic E-state index is -0.853. The molecule has 7 atom stereocenters. The lowest BCUT2D eigenvalue weighted by molar-refractivity contribution is -0.162. The molecule has 1 aromatic rings. The molecule has 1 aliphatic heterocycles. The molecule has 0 aromatic carbocycles. The zero-order valence-corrected chi connectivity index (χ0v) is 15.9. The normalized spacial score (nSPS) is 42.3. The van der Waals surface area contributed by atoms with E-state index in [0.717, 1.165) is 38.5 Å². The number of hydrogen-bond acceptors (Lipinski definition) is 6. The zero-order valence-electron chi connectivity index (χ0n) is 15.0. The Morgan fingerprint density at radius 3 is 2.70 bits per heavy atom. The number of aromatic nitrogens is 1. The highest BCUT2D eigenvalue weighted by Crippen LogP contribution is 2.60. The Morgan fingerprint density at radius 1 is 1.37 bits per heavy atom. The SMILES string of the molecule is N#Cc1cnc(NC2CCN(C(=O)O)[C@@H]2C2C3CC4C[C@H]2C[C@@](O)(C4)C3)s1. The summed E-state index contributed by atoms with van der Waals surface area (Å²) in [5, 5.41) is 33.8. The number of hydrogen-bond donors (Lipinski definition) is 3. The second-order valence-electron chi connectivity index (χ2n) is 8.92. The highest BCUT2D eigenvalue weighted by atomic mass is 32.1. The predicted molar refractivity (Wildman–Crippen MR) is 99.4 cm³/mol. The van der Waals surface area contributed by atoms with Gasteiger partial charge in [-0.05, 0) is 62.2 Å². The van der Waals surface area contributed by atoms with Crippen molar-refractivity contribution in [1.82, 2.24) is 9.88 Å². The van der Waals surface area contributed by atoms with Crippen LogP contribution in [0.15, 0.2) is 6.20 Å². The van der Waals surface area contributed by atoms with Crippen LogP contribution in [0.2, 0.25) is 0 Å². The van der Waals surface area contributed by atoms with Crippen molar-refractivity contribution in [2.75, 3.05) is 11.9 Å². The van der Waals surface area contributed by atoms with Crippen LogP contribution in [0.3, 0.4) is 0 Å². The minimum Gasteiger partial charge on any atom is -0.465 e. The molecule has 6 rings (SSSR count). The highest BCUT2D eigenvalue weighted by molar-refractivity contribution is 7.16. The van der Waals surface area contributed by atoms with Crippen molar-refractivity contribution in [2.45, 2.75) is 56.2 Å². The summed E-state index contributed by atoms with van der Waals surface area (Å²) in [5.74, 6) is 1.71. The second-order valence-corrected chi connectivity index (χ2v) is 9.95. The summed E-state index contributed by atoms with van der Waals surface area (Å²) in [4.78, 5) is 18.4. The molecule has 4 unspecified atom stereocenters. The topological polar surface area (TPSA) is 109 Å². The molecule has 4 aliphatic carbocycles. The van der Waals surface area contributed by atoms with Crippen molar-refractivity contribution in [1.29, 1.82) is 5.26 Å². The average Bonchev–Trinajstić information content (AvgIpc) is 3.21. The smallest absolute Gasteiger partial charge is 0.407 e. The van der Waals surface area contributed by atoms with Gasteiger partial charge in [-0.15, -0.1) is 0 Å². The summed E-state index contributed by atoms with van der Waals surface area (Å²) in [5.41, 5.74) is -0.514. The number of likely N-dealkylation sites (tertiary alicyclic amines) is 1. The Bertz CT molecular complexity index is 789. The van der Waals surface area contributed by atoms with Crippen molar-refractivity contribution < 1.29 is 15.0 Å². The maximum Gasteiger partial charge on any atom is 0.407 e. The van der Waals surface area contributed by atoms with Gasteiger partial charge in [0.25, 0.3) is 0 Å². The van der Waals surface area contributed by atoms with Gasteiger partial charge in [-0.25, -0.2) is 9.78 Å². The van der Waals surface area contributed by atoms with Crippen LogP contribution < -0.4 is 5.32 Å². The number of amides is 1. The van der Waals surface area contributed by atoms with Crippen LogP contribution in [-0.2, 0) is 0 Å². The Hall–Kier alpha value is -1.85. The van der Waals surface area contributed by atoms with E-state index in [1.54, 1.807) is 11.1 Å². The first-order chi connectivity index (χ1) is 13.0. The van der Waals surface area contributed by atoms with E-state index in [2.05, 4.69) is 16.4 Å². The van der Waals surface area contributed by atoms with E-state index in [0.29, 0.717) is 40.2 Å². The molecular weight excluding hydrogens is 364 g/mol. The Labute approximate surface area is 162 Å². The minimum absolute atomic E-state index is 0.0102. The van der Waals surface area contributed by atoms with Gasteiger partial charge in [-0.1, -0.05) is 11.3 Å². The van der Waals surface area contributed by atoms with Gasteiger partial charge in [-0.2, -0.15) is 5.26 Å². The molecule has 144 valence electrons. The van der Waals surface area contributed by atoms with E-state index < -0.39 is 11.7 Å². The molecule has 8 heteroatoms. The third-order valence-corrected chi connectivity index (χ3v) is 8.16. The molecule has 1 aromatic heterocycles. The molecule has 0 radical (unpaired) electrons. The summed E-state index contributed by atoms with van der Waals surface area (Å²) in [6, 6.07) is 2.03. The molecule has 27 heavy (non-hydrogen) atoms. The summed E-state index contributed by atoms with van der Waals surface area (Å²) in [6.45, 7) is 0.526. The van der Waals surface area contributed by atoms with Crippen LogP contribution in [0.5, 0.6) is 0 Å². The fourth-order valence-electron chi connectivity index (χ4n) is 6.80. The number of nitriles is 1. The van der Waals surface area contributed by atoms with E-state index in [-0.39, 0.29) is 12.1 Å². The first-order valence-electron chi connectivity index (χ1n) is 9.80. The number of rotatable bonds is 3. The lowest BCUT2D eigenvalue weighted by Crippen LogP contribution is -2.61. The lowest BCUT2D eigenvalue weighted by atomic mass is 9.48. The molecule has 7 nitrogen and oxygen atoms in total. The molecule has 4 saturated carbocycles. The second kappa shape index (κ2) is 6.08. The summed E-state index contributed by atoms with van der Waals surface area (Å²) in [6.07, 6.45) is 6.26. The van der Waals surface area contributed by atoms with E-state index in [9.17, 15) is 15.0 Å². The van der Waals surface area contributed by atoms with Gasteiger partial charge in [0.15, 0.2) is 5.13 Å². The van der Waals surface area contributed by atoms with Gasteiger partial charge >= 0.3 is 6.09 Å². The van der Waals surface area contributed by atoms with Crippen molar-refractivity contribution >= 4 is 22.6 Å². The molecule has 1 saturated heterocycles. The zero-order chi connectivity index (χ0) is 18.8. The first-order valence-corrected chi connectivity index (χ1v) is 10.6. The highest BCUT2D eigenvalue weighted by Gasteiger charge is 2.59. The number of carbonyl (C=O) groups is 1. The van der Waals surface area contributed by atoms with Crippen LogP contribution in [0.4, 0.5) is 9.93 Å². The van der Waals surface area contributed by atoms with Crippen LogP contribution in [0.1, 0.15) is 43.4 Å². The van der Waals surface area contributed by atoms with Gasteiger partial charge in [-0.3, -0.25) is 0 Å². The first kappa shape index (κ1) is 17.3. The van der Waals surface area contributed by atoms with Crippen LogP contribution in [0.25, 0.3) is 0 Å².